The zero-order valence-corrected chi connectivity index (χ0v) is 18.3. The van der Waals surface area contributed by atoms with Crippen molar-refractivity contribution in [2.75, 3.05) is 19.7 Å². The van der Waals surface area contributed by atoms with Crippen LogP contribution in [0.2, 0.25) is 0 Å². The van der Waals surface area contributed by atoms with Crippen molar-refractivity contribution in [1.82, 2.24) is 14.8 Å². The molecule has 1 saturated carbocycles. The molecule has 0 radical (unpaired) electrons. The van der Waals surface area contributed by atoms with Gasteiger partial charge in [0.25, 0.3) is 5.91 Å². The summed E-state index contributed by atoms with van der Waals surface area (Å²) in [6.45, 7) is 5.54. The summed E-state index contributed by atoms with van der Waals surface area (Å²) in [4.78, 5) is 34.5. The van der Waals surface area contributed by atoms with Gasteiger partial charge in [-0.05, 0) is 38.8 Å². The number of aryl methyl sites for hydroxylation is 1. The van der Waals surface area contributed by atoms with Crippen LogP contribution in [0, 0.1) is 6.92 Å². The van der Waals surface area contributed by atoms with Crippen LogP contribution in [-0.2, 0) is 4.74 Å². The molecule has 1 aliphatic carbocycles. The number of nitrogens with zero attached hydrogens (tertiary/aromatic N) is 3. The number of benzene rings is 1. The molecule has 0 atom stereocenters. The molecule has 2 aromatic rings. The highest BCUT2D eigenvalue weighted by atomic mass is 32.1. The van der Waals surface area contributed by atoms with Gasteiger partial charge < -0.3 is 14.5 Å². The van der Waals surface area contributed by atoms with E-state index in [1.54, 1.807) is 24.0 Å². The predicted molar refractivity (Wildman–Crippen MR) is 117 cm³/mol. The molecule has 2 aliphatic rings. The number of aromatic nitrogens is 1. The second kappa shape index (κ2) is 9.00. The summed E-state index contributed by atoms with van der Waals surface area (Å²) >= 11 is 1.37. The van der Waals surface area contributed by atoms with E-state index in [1.807, 2.05) is 25.3 Å². The Morgan fingerprint density at radius 2 is 2.00 bits per heavy atom. The van der Waals surface area contributed by atoms with E-state index in [1.165, 1.54) is 37.0 Å². The van der Waals surface area contributed by atoms with Gasteiger partial charge in [0.1, 0.15) is 9.88 Å². The van der Waals surface area contributed by atoms with Crippen LogP contribution in [0.1, 0.15) is 58.3 Å². The third-order valence-electron chi connectivity index (χ3n) is 5.70. The summed E-state index contributed by atoms with van der Waals surface area (Å²) < 4.78 is 5.08. The third-order valence-corrected chi connectivity index (χ3v) is 6.90. The van der Waals surface area contributed by atoms with Gasteiger partial charge >= 0.3 is 5.97 Å². The molecule has 0 N–H and O–H groups in total. The summed E-state index contributed by atoms with van der Waals surface area (Å²) in [5.74, 6) is -0.366. The summed E-state index contributed by atoms with van der Waals surface area (Å²) in [7, 11) is 0. The molecular weight excluding hydrogens is 398 g/mol. The van der Waals surface area contributed by atoms with Crippen LogP contribution in [0.3, 0.4) is 0 Å². The normalized spacial score (nSPS) is 16.9. The highest BCUT2D eigenvalue weighted by Crippen LogP contribution is 2.30. The molecule has 0 spiro atoms. The Morgan fingerprint density at radius 3 is 2.70 bits per heavy atom. The van der Waals surface area contributed by atoms with Gasteiger partial charge in [0.2, 0.25) is 0 Å². The van der Waals surface area contributed by atoms with Gasteiger partial charge in [-0.3, -0.25) is 4.79 Å². The van der Waals surface area contributed by atoms with Gasteiger partial charge in [0, 0.05) is 37.1 Å². The lowest BCUT2D eigenvalue weighted by molar-refractivity contribution is 0.0526. The van der Waals surface area contributed by atoms with Crippen LogP contribution < -0.4 is 0 Å². The molecule has 1 aromatic heterocycles. The molecule has 1 aromatic carbocycles. The van der Waals surface area contributed by atoms with E-state index in [9.17, 15) is 9.59 Å². The second-order valence-electron chi connectivity index (χ2n) is 7.71. The smallest absolute Gasteiger partial charge is 0.338 e. The molecular formula is C23H27N3O3S. The molecule has 0 saturated heterocycles. The minimum Gasteiger partial charge on any atom is -0.462 e. The monoisotopic (exact) mass is 425 g/mol. The lowest BCUT2D eigenvalue weighted by atomic mass is 10.1. The average Bonchev–Trinajstić information content (AvgIpc) is 3.44. The highest BCUT2D eigenvalue weighted by molar-refractivity contribution is 7.17. The van der Waals surface area contributed by atoms with Crippen LogP contribution in [-0.4, -0.2) is 52.4 Å². The Kier molecular flexibility index (Phi) is 6.18. The maximum atomic E-state index is 13.1. The molecule has 2 heterocycles. The minimum atomic E-state index is -0.353. The number of carbonyl (C=O) groups excluding carboxylic acids is 2. The maximum Gasteiger partial charge on any atom is 0.338 e. The van der Waals surface area contributed by atoms with Crippen LogP contribution >= 0.6 is 11.3 Å². The van der Waals surface area contributed by atoms with E-state index in [2.05, 4.69) is 16.1 Å². The van der Waals surface area contributed by atoms with E-state index >= 15 is 0 Å². The number of amides is 1. The fourth-order valence-corrected chi connectivity index (χ4v) is 5.11. The Hall–Kier alpha value is -2.67. The number of carbonyl (C=O) groups is 2. The second-order valence-corrected chi connectivity index (χ2v) is 8.71. The van der Waals surface area contributed by atoms with E-state index in [-0.39, 0.29) is 11.9 Å². The number of ether oxygens (including phenoxy) is 1. The van der Waals surface area contributed by atoms with Crippen molar-refractivity contribution >= 4 is 23.2 Å². The predicted octanol–water partition coefficient (Wildman–Crippen LogP) is 4.47. The van der Waals surface area contributed by atoms with E-state index in [4.69, 9.17) is 4.74 Å². The molecule has 0 bridgehead atoms. The SMILES string of the molecule is CCOC(=O)c1cccc(-c2nc(C)c(C(=O)N3C=CN(C4CCCC4)CC3)s2)c1. The summed E-state index contributed by atoms with van der Waals surface area (Å²) in [6.07, 6.45) is 9.08. The molecule has 158 valence electrons. The third kappa shape index (κ3) is 4.26. The lowest BCUT2D eigenvalue weighted by Crippen LogP contribution is -2.41. The Bertz CT molecular complexity index is 962. The van der Waals surface area contributed by atoms with Crippen LogP contribution in [0.5, 0.6) is 0 Å². The Labute approximate surface area is 181 Å². The number of esters is 1. The highest BCUT2D eigenvalue weighted by Gasteiger charge is 2.26. The Balaban J connectivity index is 1.50. The number of rotatable bonds is 5. The molecule has 30 heavy (non-hydrogen) atoms. The summed E-state index contributed by atoms with van der Waals surface area (Å²) in [5.41, 5.74) is 2.02. The van der Waals surface area contributed by atoms with E-state index in [0.29, 0.717) is 35.3 Å². The van der Waals surface area contributed by atoms with Gasteiger partial charge in [-0.1, -0.05) is 25.0 Å². The first-order valence-electron chi connectivity index (χ1n) is 10.6. The largest absolute Gasteiger partial charge is 0.462 e. The van der Waals surface area contributed by atoms with Crippen molar-refractivity contribution in [2.45, 2.75) is 45.6 Å². The molecule has 4 rings (SSSR count). The number of thiazole rings is 1. The molecule has 1 fully saturated rings. The van der Waals surface area contributed by atoms with Crippen molar-refractivity contribution < 1.29 is 14.3 Å². The van der Waals surface area contributed by atoms with Crippen molar-refractivity contribution in [2.24, 2.45) is 0 Å². The van der Waals surface area contributed by atoms with Gasteiger partial charge in [0.15, 0.2) is 0 Å². The molecule has 1 aliphatic heterocycles. The first kappa shape index (κ1) is 20.6. The van der Waals surface area contributed by atoms with Crippen molar-refractivity contribution in [3.63, 3.8) is 0 Å². The standard InChI is InChI=1S/C23H27N3O3S/c1-3-29-23(28)18-8-6-7-17(15-18)21-24-16(2)20(30-21)22(27)26-13-11-25(12-14-26)19-9-4-5-10-19/h6-8,11,13,15,19H,3-5,9-10,12,14H2,1-2H3. The van der Waals surface area contributed by atoms with Gasteiger partial charge in [0.05, 0.1) is 17.9 Å². The average molecular weight is 426 g/mol. The van der Waals surface area contributed by atoms with Crippen molar-refractivity contribution in [1.29, 1.82) is 0 Å². The van der Waals surface area contributed by atoms with Crippen molar-refractivity contribution in [3.8, 4) is 10.6 Å². The quantitative estimate of drug-likeness (QED) is 0.662. The maximum absolute atomic E-state index is 13.1. The zero-order valence-electron chi connectivity index (χ0n) is 17.5. The van der Waals surface area contributed by atoms with Crippen LogP contribution in [0.4, 0.5) is 0 Å². The molecule has 7 heteroatoms. The number of hydrogen-bond acceptors (Lipinski definition) is 6. The van der Waals surface area contributed by atoms with E-state index < -0.39 is 0 Å². The fourth-order valence-electron chi connectivity index (χ4n) is 4.09. The first-order valence-corrected chi connectivity index (χ1v) is 11.4. The van der Waals surface area contributed by atoms with Gasteiger partial charge in [-0.2, -0.15) is 0 Å². The molecule has 6 nitrogen and oxygen atoms in total. The topological polar surface area (TPSA) is 62.7 Å². The Morgan fingerprint density at radius 1 is 1.20 bits per heavy atom. The summed E-state index contributed by atoms with van der Waals surface area (Å²) in [5, 5.41) is 0.732. The lowest BCUT2D eigenvalue weighted by Gasteiger charge is -2.34. The van der Waals surface area contributed by atoms with Crippen LogP contribution in [0.25, 0.3) is 10.6 Å². The molecule has 0 unspecified atom stereocenters. The van der Waals surface area contributed by atoms with Crippen molar-refractivity contribution in [3.05, 3.63) is 52.8 Å². The first-order chi connectivity index (χ1) is 14.6. The van der Waals surface area contributed by atoms with Gasteiger partial charge in [-0.25, -0.2) is 9.78 Å². The van der Waals surface area contributed by atoms with Gasteiger partial charge in [-0.15, -0.1) is 11.3 Å². The van der Waals surface area contributed by atoms with Crippen LogP contribution in [0.15, 0.2) is 36.7 Å². The minimum absolute atomic E-state index is 0.0138. The zero-order chi connectivity index (χ0) is 21.1. The number of hydrogen-bond donors (Lipinski definition) is 0. The fraction of sp³-hybridized carbons (Fsp3) is 0.435. The summed E-state index contributed by atoms with van der Waals surface area (Å²) in [6, 6.07) is 7.83. The van der Waals surface area contributed by atoms with E-state index in [0.717, 1.165) is 17.1 Å². The molecule has 1 amide bonds.